The van der Waals surface area contributed by atoms with Crippen LogP contribution in [0, 0.1) is 6.92 Å². The summed E-state index contributed by atoms with van der Waals surface area (Å²) in [6.45, 7) is 2.05. The van der Waals surface area contributed by atoms with Crippen molar-refractivity contribution >= 4 is 34.3 Å². The standard InChI is InChI=1S/C23H18O2S2/c1-15-11-13-17(14-12-15)27-23-21(25)19-10-6-5-9-18(19)20(24)22(23)26-16-7-3-2-4-8-16/h2-14,24-25H,1H3. The fraction of sp³-hybridized carbons (Fsp3) is 0.0435. The minimum absolute atomic E-state index is 0.201. The highest BCUT2D eigenvalue weighted by Crippen LogP contribution is 2.52. The van der Waals surface area contributed by atoms with Gasteiger partial charge in [-0.25, -0.2) is 0 Å². The molecule has 4 rings (SSSR count). The first-order valence-corrected chi connectivity index (χ1v) is 10.2. The third kappa shape index (κ3) is 3.64. The highest BCUT2D eigenvalue weighted by atomic mass is 32.2. The van der Waals surface area contributed by atoms with E-state index < -0.39 is 0 Å². The lowest BCUT2D eigenvalue weighted by atomic mass is 10.1. The van der Waals surface area contributed by atoms with Gasteiger partial charge in [0.15, 0.2) is 0 Å². The highest BCUT2D eigenvalue weighted by Gasteiger charge is 2.20. The Balaban J connectivity index is 1.89. The third-order valence-corrected chi connectivity index (χ3v) is 6.63. The molecule has 4 aromatic rings. The first-order valence-electron chi connectivity index (χ1n) is 8.57. The molecule has 0 saturated heterocycles. The van der Waals surface area contributed by atoms with Crippen LogP contribution in [0.2, 0.25) is 0 Å². The Labute approximate surface area is 166 Å². The van der Waals surface area contributed by atoms with Crippen LogP contribution in [-0.2, 0) is 0 Å². The van der Waals surface area contributed by atoms with Crippen molar-refractivity contribution in [2.24, 2.45) is 0 Å². The number of hydrogen-bond donors (Lipinski definition) is 2. The molecule has 0 aromatic heterocycles. The number of aryl methyl sites for hydroxylation is 1. The molecule has 0 unspecified atom stereocenters. The number of phenolic OH excluding ortho intramolecular Hbond substituents is 2. The van der Waals surface area contributed by atoms with Crippen molar-refractivity contribution in [2.45, 2.75) is 26.5 Å². The summed E-state index contributed by atoms with van der Waals surface area (Å²) in [6.07, 6.45) is 0. The van der Waals surface area contributed by atoms with Crippen molar-refractivity contribution in [3.63, 3.8) is 0 Å². The second-order valence-electron chi connectivity index (χ2n) is 6.23. The molecular weight excluding hydrogens is 372 g/mol. The minimum atomic E-state index is 0.201. The maximum atomic E-state index is 11.0. The van der Waals surface area contributed by atoms with E-state index in [1.807, 2.05) is 85.8 Å². The quantitative estimate of drug-likeness (QED) is 0.373. The lowest BCUT2D eigenvalue weighted by molar-refractivity contribution is 0.445. The van der Waals surface area contributed by atoms with Crippen LogP contribution in [0.15, 0.2) is 98.4 Å². The molecule has 4 aromatic carbocycles. The maximum absolute atomic E-state index is 11.0. The van der Waals surface area contributed by atoms with E-state index in [4.69, 9.17) is 0 Å². The molecule has 2 nitrogen and oxygen atoms in total. The molecule has 0 fully saturated rings. The van der Waals surface area contributed by atoms with E-state index in [1.165, 1.54) is 29.1 Å². The van der Waals surface area contributed by atoms with Crippen molar-refractivity contribution in [2.75, 3.05) is 0 Å². The van der Waals surface area contributed by atoms with Gasteiger partial charge in [0.1, 0.15) is 11.5 Å². The largest absolute Gasteiger partial charge is 0.506 e. The molecule has 134 valence electrons. The molecule has 0 bridgehead atoms. The third-order valence-electron chi connectivity index (χ3n) is 4.28. The SMILES string of the molecule is Cc1ccc(Sc2c(Sc3ccccc3)c(O)c3ccccc3c2O)cc1. The van der Waals surface area contributed by atoms with Crippen LogP contribution in [0.3, 0.4) is 0 Å². The number of benzene rings is 4. The zero-order valence-electron chi connectivity index (χ0n) is 14.7. The number of hydrogen-bond acceptors (Lipinski definition) is 4. The first kappa shape index (κ1) is 17.8. The fourth-order valence-electron chi connectivity index (χ4n) is 2.88. The minimum Gasteiger partial charge on any atom is -0.506 e. The Bertz CT molecular complexity index is 1090. The van der Waals surface area contributed by atoms with Gasteiger partial charge in [0, 0.05) is 20.6 Å². The van der Waals surface area contributed by atoms with E-state index >= 15 is 0 Å². The van der Waals surface area contributed by atoms with Gasteiger partial charge in [0.2, 0.25) is 0 Å². The van der Waals surface area contributed by atoms with Gasteiger partial charge in [-0.15, -0.1) is 0 Å². The van der Waals surface area contributed by atoms with Crippen molar-refractivity contribution in [3.8, 4) is 11.5 Å². The average molecular weight is 391 g/mol. The molecule has 0 amide bonds. The number of aromatic hydroxyl groups is 2. The van der Waals surface area contributed by atoms with Gasteiger partial charge >= 0.3 is 0 Å². The van der Waals surface area contributed by atoms with Gasteiger partial charge in [-0.2, -0.15) is 0 Å². The van der Waals surface area contributed by atoms with E-state index in [1.54, 1.807) is 0 Å². The predicted molar refractivity (Wildman–Crippen MR) is 113 cm³/mol. The lowest BCUT2D eigenvalue weighted by Crippen LogP contribution is -1.87. The van der Waals surface area contributed by atoms with Gasteiger partial charge in [0.05, 0.1) is 9.79 Å². The molecule has 0 atom stereocenters. The summed E-state index contributed by atoms with van der Waals surface area (Å²) in [6, 6.07) is 25.4. The zero-order valence-corrected chi connectivity index (χ0v) is 16.3. The van der Waals surface area contributed by atoms with Crippen molar-refractivity contribution in [1.82, 2.24) is 0 Å². The van der Waals surface area contributed by atoms with Crippen LogP contribution >= 0.6 is 23.5 Å². The smallest absolute Gasteiger partial charge is 0.138 e. The van der Waals surface area contributed by atoms with Crippen LogP contribution in [0.4, 0.5) is 0 Å². The summed E-state index contributed by atoms with van der Waals surface area (Å²) in [4.78, 5) is 3.36. The number of fused-ring (bicyclic) bond motifs is 1. The average Bonchev–Trinajstić information content (AvgIpc) is 2.71. The Hall–Kier alpha value is -2.56. The fourth-order valence-corrected chi connectivity index (χ4v) is 4.95. The molecule has 0 aliphatic heterocycles. The van der Waals surface area contributed by atoms with Crippen LogP contribution in [0.25, 0.3) is 10.8 Å². The van der Waals surface area contributed by atoms with Crippen LogP contribution in [0.1, 0.15) is 5.56 Å². The number of rotatable bonds is 4. The second kappa shape index (κ2) is 7.59. The molecule has 0 heterocycles. The Morgan fingerprint density at radius 3 is 1.52 bits per heavy atom. The van der Waals surface area contributed by atoms with Crippen LogP contribution < -0.4 is 0 Å². The van der Waals surface area contributed by atoms with E-state index in [2.05, 4.69) is 0 Å². The van der Waals surface area contributed by atoms with Crippen LogP contribution in [-0.4, -0.2) is 10.2 Å². The lowest BCUT2D eigenvalue weighted by Gasteiger charge is -2.16. The molecule has 27 heavy (non-hydrogen) atoms. The number of phenols is 2. The summed E-state index contributed by atoms with van der Waals surface area (Å²) >= 11 is 2.93. The molecule has 0 radical (unpaired) electrons. The molecular formula is C23H18O2S2. The Morgan fingerprint density at radius 1 is 0.556 bits per heavy atom. The monoisotopic (exact) mass is 390 g/mol. The van der Waals surface area contributed by atoms with Crippen molar-refractivity contribution in [1.29, 1.82) is 0 Å². The second-order valence-corrected chi connectivity index (χ2v) is 8.40. The van der Waals surface area contributed by atoms with E-state index in [0.29, 0.717) is 20.6 Å². The summed E-state index contributed by atoms with van der Waals surface area (Å²) in [5.74, 6) is 0.402. The Kier molecular flexibility index (Phi) is 5.01. The van der Waals surface area contributed by atoms with Gasteiger partial charge in [-0.1, -0.05) is 83.7 Å². The van der Waals surface area contributed by atoms with Gasteiger partial charge in [-0.3, -0.25) is 0 Å². The van der Waals surface area contributed by atoms with E-state index in [-0.39, 0.29) is 11.5 Å². The summed E-state index contributed by atoms with van der Waals surface area (Å²) in [5.41, 5.74) is 1.18. The van der Waals surface area contributed by atoms with Crippen molar-refractivity contribution in [3.05, 3.63) is 84.4 Å². The van der Waals surface area contributed by atoms with E-state index in [9.17, 15) is 10.2 Å². The van der Waals surface area contributed by atoms with Gasteiger partial charge in [0.25, 0.3) is 0 Å². The molecule has 0 spiro atoms. The van der Waals surface area contributed by atoms with Gasteiger partial charge in [-0.05, 0) is 31.2 Å². The Morgan fingerprint density at radius 2 is 1.00 bits per heavy atom. The molecule has 2 N–H and O–H groups in total. The summed E-state index contributed by atoms with van der Waals surface area (Å²) in [7, 11) is 0. The summed E-state index contributed by atoms with van der Waals surface area (Å²) in [5, 5.41) is 23.3. The summed E-state index contributed by atoms with van der Waals surface area (Å²) < 4.78 is 0. The first-order chi connectivity index (χ1) is 13.1. The van der Waals surface area contributed by atoms with Gasteiger partial charge < -0.3 is 10.2 Å². The van der Waals surface area contributed by atoms with E-state index in [0.717, 1.165) is 9.79 Å². The normalized spacial score (nSPS) is 11.0. The van der Waals surface area contributed by atoms with Crippen LogP contribution in [0.5, 0.6) is 11.5 Å². The zero-order chi connectivity index (χ0) is 18.8. The molecule has 0 saturated carbocycles. The maximum Gasteiger partial charge on any atom is 0.138 e. The highest BCUT2D eigenvalue weighted by molar-refractivity contribution is 8.02. The molecule has 0 aliphatic rings. The molecule has 0 aliphatic carbocycles. The molecule has 4 heteroatoms. The van der Waals surface area contributed by atoms with Crippen molar-refractivity contribution < 1.29 is 10.2 Å². The topological polar surface area (TPSA) is 40.5 Å². The predicted octanol–water partition coefficient (Wildman–Crippen LogP) is 6.86.